The second kappa shape index (κ2) is 7.66. The molecular weight excluding hydrogens is 235 g/mol. The lowest BCUT2D eigenvalue weighted by molar-refractivity contribution is 0.180. The van der Waals surface area contributed by atoms with Crippen LogP contribution in [0.5, 0.6) is 0 Å². The SMILES string of the molecule is CCN(CCO)C(=O)NCCc1ccc(F)cc1. The second-order valence-corrected chi connectivity index (χ2v) is 3.91. The molecule has 0 fully saturated rings. The van der Waals surface area contributed by atoms with Crippen LogP contribution in [0.4, 0.5) is 9.18 Å². The summed E-state index contributed by atoms with van der Waals surface area (Å²) in [5.74, 6) is -0.261. The van der Waals surface area contributed by atoms with Gasteiger partial charge in [-0.15, -0.1) is 0 Å². The van der Waals surface area contributed by atoms with Gasteiger partial charge in [0.1, 0.15) is 5.82 Å². The van der Waals surface area contributed by atoms with Gasteiger partial charge in [0.2, 0.25) is 0 Å². The minimum absolute atomic E-state index is 0.0424. The van der Waals surface area contributed by atoms with Crippen LogP contribution in [-0.4, -0.2) is 42.3 Å². The van der Waals surface area contributed by atoms with E-state index >= 15 is 0 Å². The van der Waals surface area contributed by atoms with Gasteiger partial charge < -0.3 is 15.3 Å². The van der Waals surface area contributed by atoms with E-state index in [1.54, 1.807) is 12.1 Å². The van der Waals surface area contributed by atoms with E-state index in [4.69, 9.17) is 5.11 Å². The van der Waals surface area contributed by atoms with Crippen LogP contribution in [0.2, 0.25) is 0 Å². The summed E-state index contributed by atoms with van der Waals surface area (Å²) >= 11 is 0. The standard InChI is InChI=1S/C13H19FN2O2/c1-2-16(9-10-17)13(18)15-8-7-11-3-5-12(14)6-4-11/h3-6,17H,2,7-10H2,1H3,(H,15,18). The second-order valence-electron chi connectivity index (χ2n) is 3.91. The molecule has 4 nitrogen and oxygen atoms in total. The summed E-state index contributed by atoms with van der Waals surface area (Å²) < 4.78 is 12.7. The first-order chi connectivity index (χ1) is 8.67. The summed E-state index contributed by atoms with van der Waals surface area (Å²) in [7, 11) is 0. The van der Waals surface area contributed by atoms with Gasteiger partial charge in [-0.3, -0.25) is 0 Å². The molecule has 0 heterocycles. The Bertz CT molecular complexity index is 368. The molecule has 0 saturated carbocycles. The molecule has 0 aliphatic heterocycles. The number of rotatable bonds is 6. The van der Waals surface area contributed by atoms with Crippen LogP contribution in [0.25, 0.3) is 0 Å². The number of aliphatic hydroxyl groups is 1. The Morgan fingerprint density at radius 1 is 1.39 bits per heavy atom. The van der Waals surface area contributed by atoms with Crippen LogP contribution in [0.15, 0.2) is 24.3 Å². The highest BCUT2D eigenvalue weighted by Crippen LogP contribution is 2.02. The summed E-state index contributed by atoms with van der Waals surface area (Å²) in [5.41, 5.74) is 0.974. The number of amides is 2. The predicted molar refractivity (Wildman–Crippen MR) is 67.8 cm³/mol. The van der Waals surface area contributed by atoms with Crippen LogP contribution < -0.4 is 5.32 Å². The minimum Gasteiger partial charge on any atom is -0.395 e. The van der Waals surface area contributed by atoms with Gasteiger partial charge in [-0.05, 0) is 31.0 Å². The first-order valence-corrected chi connectivity index (χ1v) is 6.05. The zero-order valence-corrected chi connectivity index (χ0v) is 10.5. The number of halogens is 1. The van der Waals surface area contributed by atoms with Crippen molar-refractivity contribution in [1.29, 1.82) is 0 Å². The van der Waals surface area contributed by atoms with Crippen molar-refractivity contribution < 1.29 is 14.3 Å². The van der Waals surface area contributed by atoms with Gasteiger partial charge in [0.05, 0.1) is 6.61 Å². The fourth-order valence-electron chi connectivity index (χ4n) is 1.60. The molecule has 0 unspecified atom stereocenters. The van der Waals surface area contributed by atoms with Crippen LogP contribution in [0.3, 0.4) is 0 Å². The first kappa shape index (κ1) is 14.4. The lowest BCUT2D eigenvalue weighted by atomic mass is 10.1. The molecule has 2 amide bonds. The third-order valence-electron chi connectivity index (χ3n) is 2.64. The number of benzene rings is 1. The van der Waals surface area contributed by atoms with E-state index in [0.29, 0.717) is 26.1 Å². The molecular formula is C13H19FN2O2. The monoisotopic (exact) mass is 254 g/mol. The molecule has 0 spiro atoms. The van der Waals surface area contributed by atoms with Crippen LogP contribution >= 0.6 is 0 Å². The molecule has 0 saturated heterocycles. The van der Waals surface area contributed by atoms with E-state index in [1.807, 2.05) is 6.92 Å². The lowest BCUT2D eigenvalue weighted by Crippen LogP contribution is -2.42. The van der Waals surface area contributed by atoms with Crippen molar-refractivity contribution in [3.05, 3.63) is 35.6 Å². The van der Waals surface area contributed by atoms with Crippen LogP contribution in [0.1, 0.15) is 12.5 Å². The number of carbonyl (C=O) groups excluding carboxylic acids is 1. The maximum atomic E-state index is 12.7. The van der Waals surface area contributed by atoms with Gasteiger partial charge in [0, 0.05) is 19.6 Å². The van der Waals surface area contributed by atoms with E-state index in [9.17, 15) is 9.18 Å². The van der Waals surface area contributed by atoms with Crippen molar-refractivity contribution in [1.82, 2.24) is 10.2 Å². The number of hydrogen-bond donors (Lipinski definition) is 2. The fourth-order valence-corrected chi connectivity index (χ4v) is 1.60. The van der Waals surface area contributed by atoms with Gasteiger partial charge in [-0.2, -0.15) is 0 Å². The lowest BCUT2D eigenvalue weighted by Gasteiger charge is -2.20. The third-order valence-corrected chi connectivity index (χ3v) is 2.64. The van der Waals surface area contributed by atoms with Crippen molar-refractivity contribution in [2.45, 2.75) is 13.3 Å². The van der Waals surface area contributed by atoms with Gasteiger partial charge >= 0.3 is 6.03 Å². The summed E-state index contributed by atoms with van der Waals surface area (Å²) in [6.45, 7) is 3.20. The Morgan fingerprint density at radius 3 is 2.61 bits per heavy atom. The molecule has 0 aromatic heterocycles. The quantitative estimate of drug-likeness (QED) is 0.806. The zero-order chi connectivity index (χ0) is 13.4. The molecule has 0 bridgehead atoms. The van der Waals surface area contributed by atoms with E-state index in [2.05, 4.69) is 5.32 Å². The molecule has 0 aliphatic carbocycles. The molecule has 18 heavy (non-hydrogen) atoms. The van der Waals surface area contributed by atoms with Gasteiger partial charge in [0.25, 0.3) is 0 Å². The topological polar surface area (TPSA) is 52.6 Å². The number of carbonyl (C=O) groups is 1. The molecule has 5 heteroatoms. The summed E-state index contributed by atoms with van der Waals surface area (Å²) in [4.78, 5) is 13.2. The molecule has 0 radical (unpaired) electrons. The molecule has 100 valence electrons. The Morgan fingerprint density at radius 2 is 2.06 bits per heavy atom. The Balaban J connectivity index is 2.32. The number of urea groups is 1. The average Bonchev–Trinajstić information content (AvgIpc) is 2.38. The zero-order valence-electron chi connectivity index (χ0n) is 10.5. The number of nitrogens with zero attached hydrogens (tertiary/aromatic N) is 1. The molecule has 1 aromatic rings. The molecule has 0 aliphatic rings. The van der Waals surface area contributed by atoms with Crippen molar-refractivity contribution >= 4 is 6.03 Å². The highest BCUT2D eigenvalue weighted by Gasteiger charge is 2.09. The van der Waals surface area contributed by atoms with E-state index in [0.717, 1.165) is 5.56 Å². The smallest absolute Gasteiger partial charge is 0.317 e. The highest BCUT2D eigenvalue weighted by molar-refractivity contribution is 5.74. The van der Waals surface area contributed by atoms with Gasteiger partial charge in [-0.25, -0.2) is 9.18 Å². The van der Waals surface area contributed by atoms with E-state index in [-0.39, 0.29) is 18.5 Å². The van der Waals surface area contributed by atoms with E-state index in [1.165, 1.54) is 17.0 Å². The minimum atomic E-state index is -0.261. The maximum Gasteiger partial charge on any atom is 0.317 e. The predicted octanol–water partition coefficient (Wildman–Crippen LogP) is 1.39. The Hall–Kier alpha value is -1.62. The molecule has 1 rings (SSSR count). The van der Waals surface area contributed by atoms with E-state index < -0.39 is 0 Å². The largest absolute Gasteiger partial charge is 0.395 e. The first-order valence-electron chi connectivity index (χ1n) is 6.05. The fraction of sp³-hybridized carbons (Fsp3) is 0.462. The molecule has 1 aromatic carbocycles. The van der Waals surface area contributed by atoms with Gasteiger partial charge in [-0.1, -0.05) is 12.1 Å². The summed E-state index contributed by atoms with van der Waals surface area (Å²) in [5, 5.41) is 11.6. The van der Waals surface area contributed by atoms with Crippen LogP contribution in [0, 0.1) is 5.82 Å². The molecule has 0 atom stereocenters. The number of nitrogens with one attached hydrogen (secondary N) is 1. The normalized spacial score (nSPS) is 10.2. The number of likely N-dealkylation sites (N-methyl/N-ethyl adjacent to an activating group) is 1. The van der Waals surface area contributed by atoms with Crippen molar-refractivity contribution in [3.8, 4) is 0 Å². The molecule has 2 N–H and O–H groups in total. The average molecular weight is 254 g/mol. The number of hydrogen-bond acceptors (Lipinski definition) is 2. The van der Waals surface area contributed by atoms with Crippen molar-refractivity contribution in [2.24, 2.45) is 0 Å². The third kappa shape index (κ3) is 4.71. The Kier molecular flexibility index (Phi) is 6.14. The highest BCUT2D eigenvalue weighted by atomic mass is 19.1. The number of aliphatic hydroxyl groups excluding tert-OH is 1. The van der Waals surface area contributed by atoms with Crippen LogP contribution in [-0.2, 0) is 6.42 Å². The van der Waals surface area contributed by atoms with Crippen molar-refractivity contribution in [2.75, 3.05) is 26.2 Å². The van der Waals surface area contributed by atoms with Crippen molar-refractivity contribution in [3.63, 3.8) is 0 Å². The summed E-state index contributed by atoms with van der Waals surface area (Å²) in [6, 6.07) is 6.02. The Labute approximate surface area is 106 Å². The maximum absolute atomic E-state index is 12.7. The summed E-state index contributed by atoms with van der Waals surface area (Å²) in [6.07, 6.45) is 0.655. The van der Waals surface area contributed by atoms with Gasteiger partial charge in [0.15, 0.2) is 0 Å².